The fourth-order valence-electron chi connectivity index (χ4n) is 3.17. The van der Waals surface area contributed by atoms with Crippen molar-refractivity contribution in [3.8, 4) is 0 Å². The van der Waals surface area contributed by atoms with Crippen LogP contribution in [0.15, 0.2) is 12.2 Å². The largest absolute Gasteiger partial charge is 0.465 e. The van der Waals surface area contributed by atoms with E-state index in [0.717, 1.165) is 13.0 Å². The molecule has 1 N–H and O–H groups in total. The number of nitrogens with one attached hydrogen (secondary N) is 1. The van der Waals surface area contributed by atoms with Gasteiger partial charge in [0.1, 0.15) is 6.61 Å². The second kappa shape index (κ2) is 24.3. The highest BCUT2D eigenvalue weighted by molar-refractivity contribution is 5.75. The second-order valence-corrected chi connectivity index (χ2v) is 10.4. The van der Waals surface area contributed by atoms with Gasteiger partial charge in [0.2, 0.25) is 5.91 Å². The van der Waals surface area contributed by atoms with Crippen LogP contribution in [-0.4, -0.2) is 50.4 Å². The maximum absolute atomic E-state index is 11.2. The summed E-state index contributed by atoms with van der Waals surface area (Å²) in [5.41, 5.74) is -0.796. The third-order valence-corrected chi connectivity index (χ3v) is 5.65. The highest BCUT2D eigenvalue weighted by Crippen LogP contribution is 2.15. The van der Waals surface area contributed by atoms with E-state index in [1.165, 1.54) is 70.6 Å². The molecule has 0 bridgehead atoms. The number of hydrogen-bond acceptors (Lipinski definition) is 5. The zero-order chi connectivity index (χ0) is 26.8. The third-order valence-electron chi connectivity index (χ3n) is 5.65. The molecular weight excluding hydrogens is 442 g/mol. The molecule has 0 aromatic carbocycles. The van der Waals surface area contributed by atoms with Gasteiger partial charge in [-0.05, 0) is 66.7 Å². The molecule has 0 unspecified atom stereocenters. The Morgan fingerprint density at radius 3 is 1.83 bits per heavy atom. The van der Waals surface area contributed by atoms with Crippen LogP contribution >= 0.6 is 0 Å². The molecule has 0 heterocycles. The predicted molar refractivity (Wildman–Crippen MR) is 147 cm³/mol. The molecule has 0 spiro atoms. The van der Waals surface area contributed by atoms with Crippen molar-refractivity contribution in [3.63, 3.8) is 0 Å². The number of methoxy groups -OCH3 is 1. The van der Waals surface area contributed by atoms with E-state index in [1.807, 2.05) is 34.6 Å². The molecule has 0 atom stereocenters. The standard InChI is InChI=1S/C19H37NO.C10H20O4/c1-3-5-6-7-8-9-10-11-12-13-14-15-16-17-18-19(21)20-4-2;1-9(2,12-5)7-14-10(3,4)6-13-8-11/h10-11H,3-9,12-18H2,1-2H3,(H,20,21);8H,6-7H2,1-5H3/b11-10-;. The predicted octanol–water partition coefficient (Wildman–Crippen LogP) is 7.15. The van der Waals surface area contributed by atoms with Gasteiger partial charge in [0, 0.05) is 20.1 Å². The van der Waals surface area contributed by atoms with Gasteiger partial charge in [0.25, 0.3) is 6.47 Å². The number of carbonyl (C=O) groups excluding carboxylic acids is 2. The molecule has 6 heteroatoms. The number of unbranched alkanes of at least 4 members (excludes halogenated alkanes) is 10. The average Bonchev–Trinajstić information content (AvgIpc) is 2.82. The first kappa shape index (κ1) is 35.8. The first-order valence-corrected chi connectivity index (χ1v) is 13.8. The summed E-state index contributed by atoms with van der Waals surface area (Å²) >= 11 is 0. The fourth-order valence-corrected chi connectivity index (χ4v) is 3.17. The number of hydrogen-bond donors (Lipinski definition) is 1. The highest BCUT2D eigenvalue weighted by Gasteiger charge is 2.25. The van der Waals surface area contributed by atoms with E-state index < -0.39 is 5.60 Å². The van der Waals surface area contributed by atoms with E-state index >= 15 is 0 Å². The first-order chi connectivity index (χ1) is 16.6. The van der Waals surface area contributed by atoms with Crippen LogP contribution < -0.4 is 5.32 Å². The Kier molecular flexibility index (Phi) is 24.8. The van der Waals surface area contributed by atoms with Gasteiger partial charge >= 0.3 is 0 Å². The second-order valence-electron chi connectivity index (χ2n) is 10.4. The van der Waals surface area contributed by atoms with Crippen molar-refractivity contribution in [1.29, 1.82) is 0 Å². The molecule has 0 fully saturated rings. The maximum Gasteiger partial charge on any atom is 0.293 e. The van der Waals surface area contributed by atoms with E-state index in [9.17, 15) is 9.59 Å². The van der Waals surface area contributed by atoms with Crippen molar-refractivity contribution in [2.24, 2.45) is 0 Å². The SMILES string of the molecule is CCCCCCC/C=C\CCCCCCCC(=O)NCC.COC(C)(C)COC(C)(C)COC=O. The van der Waals surface area contributed by atoms with Crippen molar-refractivity contribution in [1.82, 2.24) is 5.32 Å². The Hall–Kier alpha value is -1.40. The summed E-state index contributed by atoms with van der Waals surface area (Å²) in [7, 11) is 1.64. The van der Waals surface area contributed by atoms with Crippen LogP contribution in [0.5, 0.6) is 0 Å². The minimum absolute atomic E-state index is 0.208. The molecule has 0 aromatic rings. The molecule has 0 aromatic heterocycles. The van der Waals surface area contributed by atoms with Gasteiger partial charge in [-0.2, -0.15) is 0 Å². The monoisotopic (exact) mass is 499 g/mol. The number of carbonyl (C=O) groups is 2. The summed E-state index contributed by atoms with van der Waals surface area (Å²) < 4.78 is 15.4. The molecule has 0 aliphatic rings. The summed E-state index contributed by atoms with van der Waals surface area (Å²) in [5, 5.41) is 2.84. The van der Waals surface area contributed by atoms with Crippen LogP contribution in [0.4, 0.5) is 0 Å². The number of amides is 1. The van der Waals surface area contributed by atoms with Gasteiger partial charge in [0.15, 0.2) is 0 Å². The van der Waals surface area contributed by atoms with Crippen molar-refractivity contribution in [2.75, 3.05) is 26.9 Å². The third kappa shape index (κ3) is 28.7. The maximum atomic E-state index is 11.2. The van der Waals surface area contributed by atoms with E-state index in [1.54, 1.807) is 7.11 Å². The van der Waals surface area contributed by atoms with Crippen molar-refractivity contribution in [2.45, 2.75) is 136 Å². The Morgan fingerprint density at radius 2 is 1.31 bits per heavy atom. The molecule has 35 heavy (non-hydrogen) atoms. The Balaban J connectivity index is 0. The van der Waals surface area contributed by atoms with Crippen LogP contribution in [0.25, 0.3) is 0 Å². The van der Waals surface area contributed by atoms with Crippen LogP contribution in [0.1, 0.15) is 125 Å². The smallest absolute Gasteiger partial charge is 0.293 e. The highest BCUT2D eigenvalue weighted by atomic mass is 16.6. The Morgan fingerprint density at radius 1 is 0.771 bits per heavy atom. The summed E-state index contributed by atoms with van der Waals surface area (Å²) in [6, 6.07) is 0. The first-order valence-electron chi connectivity index (χ1n) is 13.8. The molecule has 0 saturated heterocycles. The molecular formula is C29H57NO5. The topological polar surface area (TPSA) is 73.9 Å². The number of ether oxygens (including phenoxy) is 3. The number of allylic oxidation sites excluding steroid dienone is 2. The molecule has 0 radical (unpaired) electrons. The van der Waals surface area contributed by atoms with Crippen molar-refractivity contribution in [3.05, 3.63) is 12.2 Å². The molecule has 1 amide bonds. The van der Waals surface area contributed by atoms with Crippen molar-refractivity contribution < 1.29 is 23.8 Å². The lowest BCUT2D eigenvalue weighted by molar-refractivity contribution is -0.147. The Labute approximate surface area is 216 Å². The fraction of sp³-hybridized carbons (Fsp3) is 0.862. The molecule has 208 valence electrons. The van der Waals surface area contributed by atoms with Gasteiger partial charge in [0.05, 0.1) is 17.8 Å². The van der Waals surface area contributed by atoms with E-state index in [0.29, 0.717) is 19.5 Å². The minimum Gasteiger partial charge on any atom is -0.465 e. The number of rotatable bonds is 22. The molecule has 0 aliphatic heterocycles. The van der Waals surface area contributed by atoms with E-state index in [4.69, 9.17) is 9.47 Å². The van der Waals surface area contributed by atoms with Gasteiger partial charge in [-0.25, -0.2) is 0 Å². The molecule has 0 saturated carbocycles. The summed E-state index contributed by atoms with van der Waals surface area (Å²) in [6.07, 6.45) is 20.9. The van der Waals surface area contributed by atoms with Gasteiger partial charge in [-0.3, -0.25) is 9.59 Å². The zero-order valence-corrected chi connectivity index (χ0v) is 24.1. The lowest BCUT2D eigenvalue weighted by Gasteiger charge is -2.30. The van der Waals surface area contributed by atoms with Crippen molar-refractivity contribution >= 4 is 12.4 Å². The Bertz CT molecular complexity index is 517. The van der Waals surface area contributed by atoms with Crippen LogP contribution in [0.3, 0.4) is 0 Å². The van der Waals surface area contributed by atoms with E-state index in [-0.39, 0.29) is 18.1 Å². The van der Waals surface area contributed by atoms with Gasteiger partial charge < -0.3 is 19.5 Å². The minimum atomic E-state index is -0.475. The quantitative estimate of drug-likeness (QED) is 0.0972. The summed E-state index contributed by atoms with van der Waals surface area (Å²) in [6.45, 7) is 13.7. The van der Waals surface area contributed by atoms with Crippen LogP contribution in [-0.2, 0) is 23.8 Å². The average molecular weight is 500 g/mol. The zero-order valence-electron chi connectivity index (χ0n) is 24.1. The van der Waals surface area contributed by atoms with Crippen LogP contribution in [0.2, 0.25) is 0 Å². The summed E-state index contributed by atoms with van der Waals surface area (Å²) in [5.74, 6) is 0.208. The lowest BCUT2D eigenvalue weighted by Crippen LogP contribution is -2.38. The normalized spacial score (nSPS) is 11.7. The van der Waals surface area contributed by atoms with E-state index in [2.05, 4.69) is 29.1 Å². The van der Waals surface area contributed by atoms with Gasteiger partial charge in [-0.1, -0.05) is 64.0 Å². The lowest BCUT2D eigenvalue weighted by atomic mass is 10.1. The molecule has 6 nitrogen and oxygen atoms in total. The molecule has 0 rings (SSSR count). The molecule has 0 aliphatic carbocycles. The summed E-state index contributed by atoms with van der Waals surface area (Å²) in [4.78, 5) is 21.2. The van der Waals surface area contributed by atoms with Crippen LogP contribution in [0, 0.1) is 0 Å². The van der Waals surface area contributed by atoms with Gasteiger partial charge in [-0.15, -0.1) is 0 Å².